The summed E-state index contributed by atoms with van der Waals surface area (Å²) in [5.41, 5.74) is 0.722. The number of carbonyl (C=O) groups excluding carboxylic acids is 1. The van der Waals surface area contributed by atoms with E-state index < -0.39 is 0 Å². The molecule has 1 aliphatic heterocycles. The molecule has 2 rings (SSSR count). The maximum absolute atomic E-state index is 11.6. The molecule has 1 aliphatic rings. The van der Waals surface area contributed by atoms with Gasteiger partial charge in [-0.25, -0.2) is 9.78 Å². The van der Waals surface area contributed by atoms with Crippen LogP contribution in [0.15, 0.2) is 18.3 Å². The Bertz CT molecular complexity index is 440. The zero-order valence-corrected chi connectivity index (χ0v) is 12.9. The van der Waals surface area contributed by atoms with Crippen molar-refractivity contribution < 1.29 is 4.79 Å². The van der Waals surface area contributed by atoms with Crippen LogP contribution in [-0.2, 0) is 0 Å². The maximum Gasteiger partial charge on any atom is 0.319 e. The highest BCUT2D eigenvalue weighted by Crippen LogP contribution is 2.16. The number of hydrogen-bond acceptors (Lipinski definition) is 4. The van der Waals surface area contributed by atoms with Crippen LogP contribution in [0.5, 0.6) is 0 Å². The topological polar surface area (TPSA) is 60.5 Å². The van der Waals surface area contributed by atoms with Crippen LogP contribution in [0.25, 0.3) is 0 Å². The van der Waals surface area contributed by atoms with Crippen molar-refractivity contribution in [3.63, 3.8) is 0 Å². The van der Waals surface area contributed by atoms with Crippen LogP contribution in [0.4, 0.5) is 16.3 Å². The molecule has 0 aromatic carbocycles. The predicted octanol–water partition coefficient (Wildman–Crippen LogP) is 1.75. The molecule has 0 bridgehead atoms. The summed E-state index contributed by atoms with van der Waals surface area (Å²) in [6, 6.07) is 3.69. The van der Waals surface area contributed by atoms with Gasteiger partial charge in [0.1, 0.15) is 5.82 Å². The molecule has 6 heteroatoms. The molecule has 2 N–H and O–H groups in total. The Labute approximate surface area is 126 Å². The van der Waals surface area contributed by atoms with Crippen LogP contribution >= 0.6 is 0 Å². The Morgan fingerprint density at radius 3 is 2.57 bits per heavy atom. The molecule has 1 saturated heterocycles. The first-order valence-electron chi connectivity index (χ1n) is 7.71. The summed E-state index contributed by atoms with van der Waals surface area (Å²) in [7, 11) is 0. The lowest BCUT2D eigenvalue weighted by Gasteiger charge is -2.34. The number of amides is 2. The molecule has 0 spiro atoms. The minimum Gasteiger partial charge on any atom is -0.354 e. The van der Waals surface area contributed by atoms with Crippen LogP contribution in [0, 0.1) is 0 Å². The van der Waals surface area contributed by atoms with Crippen LogP contribution in [-0.4, -0.2) is 55.2 Å². The van der Waals surface area contributed by atoms with Gasteiger partial charge < -0.3 is 20.4 Å². The number of nitrogens with zero attached hydrogens (tertiary/aromatic N) is 3. The van der Waals surface area contributed by atoms with E-state index in [0.29, 0.717) is 6.54 Å². The largest absolute Gasteiger partial charge is 0.354 e. The van der Waals surface area contributed by atoms with Crippen LogP contribution in [0.3, 0.4) is 0 Å². The van der Waals surface area contributed by atoms with Crippen molar-refractivity contribution in [3.05, 3.63) is 18.3 Å². The molecule has 0 aliphatic carbocycles. The number of rotatable bonds is 5. The zero-order chi connectivity index (χ0) is 15.1. The minimum atomic E-state index is -0.178. The summed E-state index contributed by atoms with van der Waals surface area (Å²) in [5.74, 6) is 0.977. The summed E-state index contributed by atoms with van der Waals surface area (Å²) >= 11 is 0. The summed E-state index contributed by atoms with van der Waals surface area (Å²) in [6.07, 6.45) is 2.64. The van der Waals surface area contributed by atoms with Crippen molar-refractivity contribution in [1.29, 1.82) is 0 Å². The van der Waals surface area contributed by atoms with Gasteiger partial charge in [0, 0.05) is 32.7 Å². The number of urea groups is 1. The van der Waals surface area contributed by atoms with Crippen LogP contribution in [0.1, 0.15) is 20.3 Å². The number of likely N-dealkylation sites (N-methyl/N-ethyl adjacent to an activating group) is 1. The minimum absolute atomic E-state index is 0.178. The number of carbonyl (C=O) groups is 1. The summed E-state index contributed by atoms with van der Waals surface area (Å²) < 4.78 is 0. The molecule has 0 radical (unpaired) electrons. The smallest absolute Gasteiger partial charge is 0.319 e. The molecule has 2 heterocycles. The average Bonchev–Trinajstić information content (AvgIpc) is 2.54. The Kier molecular flexibility index (Phi) is 5.80. The van der Waals surface area contributed by atoms with Crippen molar-refractivity contribution >= 4 is 17.5 Å². The Hall–Kier alpha value is -1.82. The fourth-order valence-electron chi connectivity index (χ4n) is 2.35. The van der Waals surface area contributed by atoms with Crippen molar-refractivity contribution in [2.45, 2.75) is 20.3 Å². The van der Waals surface area contributed by atoms with Gasteiger partial charge in [0.05, 0.1) is 11.9 Å². The van der Waals surface area contributed by atoms with Gasteiger partial charge >= 0.3 is 6.03 Å². The SMILES string of the molecule is CCCNC(=O)Nc1ccc(N2CCN(CC)CC2)nc1. The normalized spacial score (nSPS) is 15.8. The molecule has 6 nitrogen and oxygen atoms in total. The van der Waals surface area contributed by atoms with Crippen LogP contribution in [0.2, 0.25) is 0 Å². The van der Waals surface area contributed by atoms with E-state index in [1.807, 2.05) is 19.1 Å². The fourth-order valence-corrected chi connectivity index (χ4v) is 2.35. The van der Waals surface area contributed by atoms with Gasteiger partial charge in [-0.1, -0.05) is 13.8 Å². The number of piperazine rings is 1. The van der Waals surface area contributed by atoms with Gasteiger partial charge in [0.2, 0.25) is 0 Å². The first-order chi connectivity index (χ1) is 10.2. The predicted molar refractivity (Wildman–Crippen MR) is 85.9 cm³/mol. The van der Waals surface area contributed by atoms with Crippen LogP contribution < -0.4 is 15.5 Å². The molecule has 1 aromatic heterocycles. The first kappa shape index (κ1) is 15.6. The first-order valence-corrected chi connectivity index (χ1v) is 7.71. The third kappa shape index (κ3) is 4.60. The van der Waals surface area contributed by atoms with E-state index >= 15 is 0 Å². The van der Waals surface area contributed by atoms with E-state index in [4.69, 9.17) is 0 Å². The highest BCUT2D eigenvalue weighted by Gasteiger charge is 2.16. The number of pyridine rings is 1. The van der Waals surface area contributed by atoms with Crippen molar-refractivity contribution in [2.24, 2.45) is 0 Å². The van der Waals surface area contributed by atoms with Gasteiger partial charge in [0.15, 0.2) is 0 Å². The summed E-state index contributed by atoms with van der Waals surface area (Å²) in [6.45, 7) is 10.2. The second kappa shape index (κ2) is 7.83. The molecule has 0 unspecified atom stereocenters. The van der Waals surface area contributed by atoms with Gasteiger partial charge in [-0.05, 0) is 25.1 Å². The quantitative estimate of drug-likeness (QED) is 0.868. The lowest BCUT2D eigenvalue weighted by Crippen LogP contribution is -2.46. The van der Waals surface area contributed by atoms with Gasteiger partial charge in [-0.2, -0.15) is 0 Å². The van der Waals surface area contributed by atoms with Gasteiger partial charge in [-0.3, -0.25) is 0 Å². The van der Waals surface area contributed by atoms with Crippen molar-refractivity contribution in [3.8, 4) is 0 Å². The van der Waals surface area contributed by atoms with E-state index in [1.54, 1.807) is 6.20 Å². The molecule has 1 fully saturated rings. The second-order valence-electron chi connectivity index (χ2n) is 5.21. The summed E-state index contributed by atoms with van der Waals surface area (Å²) in [4.78, 5) is 20.7. The molecular formula is C15H25N5O. The third-order valence-corrected chi connectivity index (χ3v) is 3.68. The third-order valence-electron chi connectivity index (χ3n) is 3.68. The van der Waals surface area contributed by atoms with Gasteiger partial charge in [-0.15, -0.1) is 0 Å². The molecule has 0 atom stereocenters. The van der Waals surface area contributed by atoms with Crippen molar-refractivity contribution in [1.82, 2.24) is 15.2 Å². The lowest BCUT2D eigenvalue weighted by atomic mass is 10.3. The second-order valence-corrected chi connectivity index (χ2v) is 5.21. The van der Waals surface area contributed by atoms with E-state index in [1.165, 1.54) is 0 Å². The monoisotopic (exact) mass is 291 g/mol. The van der Waals surface area contributed by atoms with Gasteiger partial charge in [0.25, 0.3) is 0 Å². The number of aromatic nitrogens is 1. The zero-order valence-electron chi connectivity index (χ0n) is 12.9. The number of anilines is 2. The highest BCUT2D eigenvalue weighted by molar-refractivity contribution is 5.89. The Morgan fingerprint density at radius 2 is 2.00 bits per heavy atom. The molecular weight excluding hydrogens is 266 g/mol. The summed E-state index contributed by atoms with van der Waals surface area (Å²) in [5, 5.41) is 5.56. The molecule has 2 amide bonds. The molecule has 1 aromatic rings. The molecule has 0 saturated carbocycles. The molecule has 21 heavy (non-hydrogen) atoms. The average molecular weight is 291 g/mol. The Morgan fingerprint density at radius 1 is 1.24 bits per heavy atom. The Balaban J connectivity index is 1.86. The fraction of sp³-hybridized carbons (Fsp3) is 0.600. The number of nitrogens with one attached hydrogen (secondary N) is 2. The van der Waals surface area contributed by atoms with E-state index in [2.05, 4.69) is 32.3 Å². The van der Waals surface area contributed by atoms with E-state index in [-0.39, 0.29) is 6.03 Å². The lowest BCUT2D eigenvalue weighted by molar-refractivity contribution is 0.252. The van der Waals surface area contributed by atoms with E-state index in [0.717, 1.165) is 50.6 Å². The standard InChI is InChI=1S/C15H25N5O/c1-3-7-16-15(21)18-13-5-6-14(17-12-13)20-10-8-19(4-2)9-11-20/h5-6,12H,3-4,7-11H2,1-2H3,(H2,16,18,21). The number of hydrogen-bond donors (Lipinski definition) is 2. The van der Waals surface area contributed by atoms with Crippen molar-refractivity contribution in [2.75, 3.05) is 49.5 Å². The highest BCUT2D eigenvalue weighted by atomic mass is 16.2. The maximum atomic E-state index is 11.6. The van der Waals surface area contributed by atoms with E-state index in [9.17, 15) is 4.79 Å². The molecule has 116 valence electrons.